The molecular formula is C38H52ClFN4. The Morgan fingerprint density at radius 3 is 2.48 bits per heavy atom. The molecule has 2 aliphatic heterocycles. The van der Waals surface area contributed by atoms with Gasteiger partial charge >= 0.3 is 0 Å². The highest BCUT2D eigenvalue weighted by atomic mass is 35.5. The molecule has 44 heavy (non-hydrogen) atoms. The Bertz CT molecular complexity index is 1390. The fourth-order valence-electron chi connectivity index (χ4n) is 5.84. The molecule has 0 amide bonds. The number of likely N-dealkylation sites (tertiary alicyclic amines) is 1. The van der Waals surface area contributed by atoms with E-state index in [1.807, 2.05) is 47.7 Å². The highest BCUT2D eigenvalue weighted by Gasteiger charge is 2.35. The van der Waals surface area contributed by atoms with E-state index in [1.165, 1.54) is 11.3 Å². The SMILES string of the molecule is C=C(C)/C=C\C(=C/C)N1CCC[C@H](N(CC2=CN(C3CC3)c3cc(Cl)c(F)cc3C2=C)Cc2ccnc(C)c2)C1.CC.CC. The van der Waals surface area contributed by atoms with Gasteiger partial charge in [0.15, 0.2) is 0 Å². The summed E-state index contributed by atoms with van der Waals surface area (Å²) >= 11 is 6.22. The maximum atomic E-state index is 14.6. The quantitative estimate of drug-likeness (QED) is 0.261. The van der Waals surface area contributed by atoms with Crippen molar-refractivity contribution in [1.29, 1.82) is 0 Å². The van der Waals surface area contributed by atoms with Gasteiger partial charge in [-0.25, -0.2) is 4.39 Å². The third-order valence-corrected chi connectivity index (χ3v) is 8.39. The molecule has 0 N–H and O–H groups in total. The molecule has 5 rings (SSSR count). The molecule has 0 unspecified atom stereocenters. The summed E-state index contributed by atoms with van der Waals surface area (Å²) in [7, 11) is 0. The number of fused-ring (bicyclic) bond motifs is 1. The number of anilines is 1. The molecule has 1 atom stereocenters. The number of piperidine rings is 1. The van der Waals surface area contributed by atoms with Crippen LogP contribution in [0.25, 0.3) is 5.57 Å². The molecule has 1 aromatic carbocycles. The number of hydrogen-bond donors (Lipinski definition) is 0. The zero-order chi connectivity index (χ0) is 32.4. The van der Waals surface area contributed by atoms with Gasteiger partial charge in [0, 0.05) is 67.6 Å². The van der Waals surface area contributed by atoms with Crippen molar-refractivity contribution >= 4 is 22.9 Å². The van der Waals surface area contributed by atoms with Crippen molar-refractivity contribution < 1.29 is 4.39 Å². The molecule has 3 heterocycles. The van der Waals surface area contributed by atoms with E-state index in [2.05, 4.69) is 76.3 Å². The fraction of sp³-hybridized carbons (Fsp3) is 0.447. The second-order valence-corrected chi connectivity index (χ2v) is 11.8. The molecule has 1 saturated carbocycles. The summed E-state index contributed by atoms with van der Waals surface area (Å²) in [5.74, 6) is -0.396. The number of pyridine rings is 1. The standard InChI is InChI=1S/C34H40ClFN4.2C2H6/c1-6-28(10-9-23(2)3)38-15-7-8-30(22-38)39(19-26-13-14-37-24(4)16-26)20-27-21-40(29-11-12-29)34-18-32(35)33(36)17-31(34)25(27)5;2*1-2/h6,9-10,13-14,16-18,21,29-30H,2,5,7-8,11-12,15,19-20,22H2,1,3-4H3;2*1-2H3/b10-9-,28-6+;;/t30-;;/m0../s1. The number of hydrogen-bond acceptors (Lipinski definition) is 4. The lowest BCUT2D eigenvalue weighted by atomic mass is 9.92. The van der Waals surface area contributed by atoms with Crippen LogP contribution < -0.4 is 4.90 Å². The smallest absolute Gasteiger partial charge is 0.142 e. The van der Waals surface area contributed by atoms with Crippen molar-refractivity contribution in [1.82, 2.24) is 14.8 Å². The van der Waals surface area contributed by atoms with Crippen LogP contribution in [0.2, 0.25) is 5.02 Å². The molecule has 3 aliphatic rings. The lowest BCUT2D eigenvalue weighted by Gasteiger charge is -2.42. The third kappa shape index (κ3) is 8.95. The average Bonchev–Trinajstić information content (AvgIpc) is 3.87. The summed E-state index contributed by atoms with van der Waals surface area (Å²) in [6, 6.07) is 8.39. The summed E-state index contributed by atoms with van der Waals surface area (Å²) in [5, 5.41) is 0.159. The summed E-state index contributed by atoms with van der Waals surface area (Å²) in [6.45, 7) is 26.2. The van der Waals surface area contributed by atoms with Crippen LogP contribution in [0, 0.1) is 12.7 Å². The van der Waals surface area contributed by atoms with Gasteiger partial charge in [-0.15, -0.1) is 0 Å². The maximum absolute atomic E-state index is 14.6. The second kappa shape index (κ2) is 16.8. The number of nitrogens with zero attached hydrogens (tertiary/aromatic N) is 4. The van der Waals surface area contributed by atoms with Gasteiger partial charge in [0.2, 0.25) is 0 Å². The first-order valence-electron chi connectivity index (χ1n) is 16.3. The van der Waals surface area contributed by atoms with Gasteiger partial charge in [-0.05, 0) is 93.5 Å². The highest BCUT2D eigenvalue weighted by Crippen LogP contribution is 2.44. The van der Waals surface area contributed by atoms with Crippen molar-refractivity contribution in [3.05, 3.63) is 113 Å². The Morgan fingerprint density at radius 2 is 1.84 bits per heavy atom. The van der Waals surface area contributed by atoms with E-state index >= 15 is 0 Å². The number of aryl methyl sites for hydroxylation is 1. The van der Waals surface area contributed by atoms with Gasteiger partial charge in [-0.2, -0.15) is 0 Å². The van der Waals surface area contributed by atoms with E-state index in [9.17, 15) is 4.39 Å². The van der Waals surface area contributed by atoms with Crippen LogP contribution in [0.5, 0.6) is 0 Å². The Hall–Kier alpha value is -3.15. The van der Waals surface area contributed by atoms with Crippen LogP contribution >= 0.6 is 11.6 Å². The van der Waals surface area contributed by atoms with E-state index in [0.717, 1.165) is 85.5 Å². The molecule has 1 saturated heterocycles. The topological polar surface area (TPSA) is 22.6 Å². The van der Waals surface area contributed by atoms with Gasteiger partial charge in [0.25, 0.3) is 0 Å². The highest BCUT2D eigenvalue weighted by molar-refractivity contribution is 6.31. The molecule has 2 aromatic rings. The van der Waals surface area contributed by atoms with E-state index in [0.29, 0.717) is 12.1 Å². The first-order chi connectivity index (χ1) is 21.2. The largest absolute Gasteiger partial charge is 0.370 e. The monoisotopic (exact) mass is 618 g/mol. The maximum Gasteiger partial charge on any atom is 0.142 e. The van der Waals surface area contributed by atoms with E-state index in [1.54, 1.807) is 12.1 Å². The first kappa shape index (κ1) is 35.3. The summed E-state index contributed by atoms with van der Waals surface area (Å²) in [4.78, 5) is 11.8. The van der Waals surface area contributed by atoms with Gasteiger partial charge in [-0.1, -0.05) is 70.2 Å². The summed E-state index contributed by atoms with van der Waals surface area (Å²) < 4.78 is 14.6. The van der Waals surface area contributed by atoms with E-state index < -0.39 is 5.82 Å². The number of halogens is 2. The minimum Gasteiger partial charge on any atom is -0.370 e. The molecule has 0 spiro atoms. The lowest BCUT2D eigenvalue weighted by molar-refractivity contribution is 0.120. The van der Waals surface area contributed by atoms with Crippen molar-refractivity contribution in [3.8, 4) is 0 Å². The van der Waals surface area contributed by atoms with Gasteiger partial charge in [0.1, 0.15) is 5.82 Å². The Kier molecular flexibility index (Phi) is 13.5. The zero-order valence-corrected chi connectivity index (χ0v) is 28.7. The first-order valence-corrected chi connectivity index (χ1v) is 16.7. The van der Waals surface area contributed by atoms with Gasteiger partial charge in [0.05, 0.1) is 10.7 Å². The zero-order valence-electron chi connectivity index (χ0n) is 28.0. The van der Waals surface area contributed by atoms with Crippen molar-refractivity contribution in [2.75, 3.05) is 24.5 Å². The average molecular weight is 619 g/mol. The minimum atomic E-state index is -0.396. The summed E-state index contributed by atoms with van der Waals surface area (Å²) in [5.41, 5.74) is 8.37. The van der Waals surface area contributed by atoms with Crippen LogP contribution in [-0.2, 0) is 6.54 Å². The van der Waals surface area contributed by atoms with E-state index in [4.69, 9.17) is 11.6 Å². The lowest BCUT2D eigenvalue weighted by Crippen LogP contribution is -2.48. The van der Waals surface area contributed by atoms with Crippen LogP contribution in [0.4, 0.5) is 10.1 Å². The predicted octanol–water partition coefficient (Wildman–Crippen LogP) is 10.1. The van der Waals surface area contributed by atoms with Crippen LogP contribution in [0.15, 0.2) is 84.9 Å². The molecular weight excluding hydrogens is 567 g/mol. The number of rotatable bonds is 9. The molecule has 0 bridgehead atoms. The van der Waals surface area contributed by atoms with Crippen LogP contribution in [0.3, 0.4) is 0 Å². The van der Waals surface area contributed by atoms with Crippen LogP contribution in [0.1, 0.15) is 84.0 Å². The van der Waals surface area contributed by atoms with Gasteiger partial charge in [-0.3, -0.25) is 9.88 Å². The Labute approximate surface area is 271 Å². The van der Waals surface area contributed by atoms with Crippen molar-refractivity contribution in [2.24, 2.45) is 0 Å². The predicted molar refractivity (Wildman–Crippen MR) is 188 cm³/mol. The molecule has 0 radical (unpaired) electrons. The molecule has 238 valence electrons. The van der Waals surface area contributed by atoms with Crippen molar-refractivity contribution in [3.63, 3.8) is 0 Å². The van der Waals surface area contributed by atoms with Crippen molar-refractivity contribution in [2.45, 2.75) is 92.8 Å². The number of benzene rings is 1. The normalized spacial score (nSPS) is 18.3. The number of aromatic nitrogens is 1. The molecule has 1 aromatic heterocycles. The Balaban J connectivity index is 0.00000127. The number of allylic oxidation sites excluding steroid dienone is 4. The third-order valence-electron chi connectivity index (χ3n) is 8.10. The molecule has 4 nitrogen and oxygen atoms in total. The minimum absolute atomic E-state index is 0.159. The molecule has 2 fully saturated rings. The molecule has 6 heteroatoms. The van der Waals surface area contributed by atoms with Crippen LogP contribution in [-0.4, -0.2) is 46.5 Å². The van der Waals surface area contributed by atoms with E-state index in [-0.39, 0.29) is 5.02 Å². The summed E-state index contributed by atoms with van der Waals surface area (Å²) in [6.07, 6.45) is 15.1. The second-order valence-electron chi connectivity index (χ2n) is 11.4. The fourth-order valence-corrected chi connectivity index (χ4v) is 6.00. The molecule has 1 aliphatic carbocycles. The van der Waals surface area contributed by atoms with Gasteiger partial charge < -0.3 is 9.80 Å². The Morgan fingerprint density at radius 1 is 1.11 bits per heavy atom.